The van der Waals surface area contributed by atoms with Gasteiger partial charge < -0.3 is 5.11 Å². The van der Waals surface area contributed by atoms with Crippen LogP contribution in [0.3, 0.4) is 0 Å². The van der Waals surface area contributed by atoms with Crippen molar-refractivity contribution in [2.75, 3.05) is 0 Å². The minimum Gasteiger partial charge on any atom is -0.387 e. The molecular formula is C11H14O3S. The summed E-state index contributed by atoms with van der Waals surface area (Å²) in [6.45, 7) is 3.74. The Morgan fingerprint density at radius 1 is 1.33 bits per heavy atom. The third-order valence-electron chi connectivity index (χ3n) is 2.44. The number of benzene rings is 1. The molecule has 0 aliphatic heterocycles. The monoisotopic (exact) mass is 226 g/mol. The molecular weight excluding hydrogens is 212 g/mol. The predicted octanol–water partition coefficient (Wildman–Crippen LogP) is 1.14. The predicted molar refractivity (Wildman–Crippen MR) is 60.6 cm³/mol. The highest BCUT2D eigenvalue weighted by molar-refractivity contribution is 7.71. The van der Waals surface area contributed by atoms with Gasteiger partial charge in [-0.3, -0.25) is 0 Å². The molecule has 2 unspecified atom stereocenters. The summed E-state index contributed by atoms with van der Waals surface area (Å²) in [5.74, 6) is -0.218. The summed E-state index contributed by atoms with van der Waals surface area (Å²) in [5.41, 5.74) is 2.01. The smallest absolute Gasteiger partial charge is 0.212 e. The summed E-state index contributed by atoms with van der Waals surface area (Å²) in [6.07, 6.45) is -0.968. The molecule has 0 radical (unpaired) electrons. The number of aliphatic hydroxyl groups excluding tert-OH is 1. The molecule has 3 nitrogen and oxygen atoms in total. The molecule has 1 aromatic rings. The highest BCUT2D eigenvalue weighted by atomic mass is 32.2. The molecule has 0 spiro atoms. The molecule has 0 aromatic heterocycles. The lowest BCUT2D eigenvalue weighted by atomic mass is 9.93. The second-order valence-electron chi connectivity index (χ2n) is 3.53. The van der Waals surface area contributed by atoms with E-state index in [-0.39, 0.29) is 5.92 Å². The Balaban J connectivity index is 2.99. The van der Waals surface area contributed by atoms with Gasteiger partial charge in [0.25, 0.3) is 0 Å². The minimum absolute atomic E-state index is 0.218. The summed E-state index contributed by atoms with van der Waals surface area (Å²) >= 11 is 0. The quantitative estimate of drug-likeness (QED) is 0.786. The van der Waals surface area contributed by atoms with E-state index in [1.54, 1.807) is 6.92 Å². The van der Waals surface area contributed by atoms with Crippen molar-refractivity contribution in [3.05, 3.63) is 35.4 Å². The van der Waals surface area contributed by atoms with E-state index in [0.717, 1.165) is 16.5 Å². The van der Waals surface area contributed by atoms with Crippen LogP contribution in [0.5, 0.6) is 0 Å². The first-order valence-corrected chi connectivity index (χ1v) is 5.83. The molecule has 15 heavy (non-hydrogen) atoms. The van der Waals surface area contributed by atoms with Crippen LogP contribution in [0.4, 0.5) is 0 Å². The van der Waals surface area contributed by atoms with Gasteiger partial charge >= 0.3 is 0 Å². The number of aryl methyl sites for hydroxylation is 1. The van der Waals surface area contributed by atoms with Crippen molar-refractivity contribution in [1.29, 1.82) is 0 Å². The third-order valence-corrected chi connectivity index (χ3v) is 2.94. The number of rotatable bonds is 3. The Morgan fingerprint density at radius 2 is 1.93 bits per heavy atom. The van der Waals surface area contributed by atoms with Gasteiger partial charge in [-0.2, -0.15) is 8.42 Å². The first-order chi connectivity index (χ1) is 7.02. The Kier molecular flexibility index (Phi) is 4.05. The standard InChI is InChI=1S/C11H14O3S/c1-8-5-3-4-6-10(8)9(2)11(12)7-15(13)14/h3-7,9,11-12H,1-2H3. The largest absolute Gasteiger partial charge is 0.387 e. The average molecular weight is 226 g/mol. The molecule has 1 aromatic carbocycles. The Morgan fingerprint density at radius 3 is 2.47 bits per heavy atom. The van der Waals surface area contributed by atoms with Crippen molar-refractivity contribution >= 4 is 15.7 Å². The van der Waals surface area contributed by atoms with Crippen molar-refractivity contribution < 1.29 is 13.5 Å². The second kappa shape index (κ2) is 5.09. The number of hydrogen-bond donors (Lipinski definition) is 1. The van der Waals surface area contributed by atoms with Crippen LogP contribution < -0.4 is 0 Å². The maximum absolute atomic E-state index is 10.4. The fourth-order valence-corrected chi connectivity index (χ4v) is 1.98. The van der Waals surface area contributed by atoms with Gasteiger partial charge in [-0.15, -0.1) is 0 Å². The average Bonchev–Trinajstić information content (AvgIpc) is 2.16. The molecule has 0 aliphatic carbocycles. The maximum Gasteiger partial charge on any atom is 0.212 e. The minimum atomic E-state index is -2.32. The van der Waals surface area contributed by atoms with E-state index >= 15 is 0 Å². The second-order valence-corrected chi connectivity index (χ2v) is 4.33. The first kappa shape index (κ1) is 11.9. The molecule has 0 amide bonds. The molecule has 82 valence electrons. The zero-order chi connectivity index (χ0) is 11.4. The van der Waals surface area contributed by atoms with E-state index in [0.29, 0.717) is 0 Å². The van der Waals surface area contributed by atoms with E-state index in [4.69, 9.17) is 0 Å². The summed E-state index contributed by atoms with van der Waals surface area (Å²) in [5, 5.41) is 10.5. The summed E-state index contributed by atoms with van der Waals surface area (Å²) in [6, 6.07) is 7.62. The van der Waals surface area contributed by atoms with Crippen LogP contribution in [0.2, 0.25) is 0 Å². The molecule has 0 saturated heterocycles. The molecule has 0 heterocycles. The van der Waals surface area contributed by atoms with Gasteiger partial charge in [-0.1, -0.05) is 31.2 Å². The lowest BCUT2D eigenvalue weighted by Gasteiger charge is -2.16. The summed E-state index contributed by atoms with van der Waals surface area (Å²) < 4.78 is 20.8. The van der Waals surface area contributed by atoms with Crippen LogP contribution in [0.15, 0.2) is 24.3 Å². The summed E-state index contributed by atoms with van der Waals surface area (Å²) in [7, 11) is -2.32. The van der Waals surface area contributed by atoms with E-state index in [1.807, 2.05) is 31.2 Å². The fraction of sp³-hybridized carbons (Fsp3) is 0.364. The van der Waals surface area contributed by atoms with E-state index in [9.17, 15) is 13.5 Å². The van der Waals surface area contributed by atoms with Gasteiger partial charge in [0.05, 0.1) is 11.5 Å². The van der Waals surface area contributed by atoms with Crippen LogP contribution >= 0.6 is 0 Å². The van der Waals surface area contributed by atoms with Crippen LogP contribution in [0, 0.1) is 6.92 Å². The van der Waals surface area contributed by atoms with Crippen molar-refractivity contribution in [2.45, 2.75) is 25.9 Å². The summed E-state index contributed by atoms with van der Waals surface area (Å²) in [4.78, 5) is 0. The van der Waals surface area contributed by atoms with Gasteiger partial charge in [0.15, 0.2) is 0 Å². The highest BCUT2D eigenvalue weighted by Crippen LogP contribution is 2.21. The fourth-order valence-electron chi connectivity index (χ4n) is 1.51. The molecule has 1 N–H and O–H groups in total. The van der Waals surface area contributed by atoms with Crippen LogP contribution in [0.25, 0.3) is 0 Å². The number of aliphatic hydroxyl groups is 1. The van der Waals surface area contributed by atoms with Crippen molar-refractivity contribution in [3.63, 3.8) is 0 Å². The van der Waals surface area contributed by atoms with Crippen LogP contribution in [-0.4, -0.2) is 25.0 Å². The topological polar surface area (TPSA) is 54.4 Å². The third kappa shape index (κ3) is 3.18. The van der Waals surface area contributed by atoms with Gasteiger partial charge in [0.1, 0.15) is 0 Å². The van der Waals surface area contributed by atoms with Gasteiger partial charge in [-0.25, -0.2) is 0 Å². The van der Waals surface area contributed by atoms with Gasteiger partial charge in [-0.05, 0) is 18.1 Å². The van der Waals surface area contributed by atoms with Gasteiger partial charge in [0.2, 0.25) is 10.3 Å². The molecule has 1 rings (SSSR count). The molecule has 4 heteroatoms. The van der Waals surface area contributed by atoms with Gasteiger partial charge in [0, 0.05) is 5.92 Å². The Bertz CT molecular complexity index is 454. The molecule has 0 bridgehead atoms. The SMILES string of the molecule is Cc1ccccc1C(C)C(O)C=S(=O)=O. The van der Waals surface area contributed by atoms with Crippen molar-refractivity contribution in [1.82, 2.24) is 0 Å². The Labute approximate surface area is 90.9 Å². The maximum atomic E-state index is 10.4. The zero-order valence-corrected chi connectivity index (χ0v) is 9.53. The lowest BCUT2D eigenvalue weighted by Crippen LogP contribution is -2.18. The van der Waals surface area contributed by atoms with E-state index < -0.39 is 16.4 Å². The number of hydrogen-bond acceptors (Lipinski definition) is 3. The highest BCUT2D eigenvalue weighted by Gasteiger charge is 2.15. The van der Waals surface area contributed by atoms with E-state index in [2.05, 4.69) is 0 Å². The van der Waals surface area contributed by atoms with Crippen molar-refractivity contribution in [2.24, 2.45) is 0 Å². The molecule has 2 atom stereocenters. The van der Waals surface area contributed by atoms with E-state index in [1.165, 1.54) is 0 Å². The molecule has 0 saturated carbocycles. The first-order valence-electron chi connectivity index (χ1n) is 4.69. The van der Waals surface area contributed by atoms with Crippen LogP contribution in [-0.2, 0) is 10.3 Å². The Hall–Kier alpha value is -1.13. The molecule has 0 aliphatic rings. The molecule has 0 fully saturated rings. The normalized spacial score (nSPS) is 14.3. The van der Waals surface area contributed by atoms with Crippen molar-refractivity contribution in [3.8, 4) is 0 Å². The van der Waals surface area contributed by atoms with Crippen LogP contribution in [0.1, 0.15) is 24.0 Å². The lowest BCUT2D eigenvalue weighted by molar-refractivity contribution is 0.221. The zero-order valence-electron chi connectivity index (χ0n) is 8.71.